The monoisotopic (exact) mass is 483 g/mol. The summed E-state index contributed by atoms with van der Waals surface area (Å²) in [5.74, 6) is 0.817. The van der Waals surface area contributed by atoms with E-state index in [9.17, 15) is 4.79 Å². The molecule has 1 aliphatic carbocycles. The van der Waals surface area contributed by atoms with Gasteiger partial charge in [0.15, 0.2) is 5.65 Å². The van der Waals surface area contributed by atoms with Crippen molar-refractivity contribution in [1.29, 1.82) is 0 Å². The van der Waals surface area contributed by atoms with Gasteiger partial charge in [-0.3, -0.25) is 14.8 Å². The molecule has 1 aliphatic heterocycles. The first-order valence-electron chi connectivity index (χ1n) is 12.4. The maximum Gasteiger partial charge on any atom is 0.262 e. The van der Waals surface area contributed by atoms with Crippen LogP contribution < -0.4 is 5.32 Å². The van der Waals surface area contributed by atoms with Gasteiger partial charge in [0.2, 0.25) is 0 Å². The summed E-state index contributed by atoms with van der Waals surface area (Å²) in [7, 11) is 0. The zero-order valence-electron chi connectivity index (χ0n) is 20.2. The molecule has 0 radical (unpaired) electrons. The predicted octanol–water partition coefficient (Wildman–Crippen LogP) is 3.73. The zero-order chi connectivity index (χ0) is 24.5. The molecule has 0 saturated carbocycles. The molecule has 4 aromatic rings. The molecular formula is C26H29N9O. The Morgan fingerprint density at radius 3 is 2.92 bits per heavy atom. The maximum absolute atomic E-state index is 13.3. The Bertz CT molecular complexity index is 1420. The molecule has 1 unspecified atom stereocenters. The molecule has 0 spiro atoms. The van der Waals surface area contributed by atoms with Crippen molar-refractivity contribution >= 4 is 17.4 Å². The molecule has 1 amide bonds. The topological polar surface area (TPSA) is 109 Å². The molecule has 1 saturated heterocycles. The van der Waals surface area contributed by atoms with Gasteiger partial charge in [0.05, 0.1) is 24.1 Å². The first-order valence-corrected chi connectivity index (χ1v) is 12.4. The second-order valence-electron chi connectivity index (χ2n) is 9.57. The van der Waals surface area contributed by atoms with Crippen LogP contribution in [0.3, 0.4) is 0 Å². The van der Waals surface area contributed by atoms with E-state index < -0.39 is 0 Å². The summed E-state index contributed by atoms with van der Waals surface area (Å²) in [6.07, 6.45) is 18.2. The quantitative estimate of drug-likeness (QED) is 0.433. The molecule has 1 fully saturated rings. The van der Waals surface area contributed by atoms with E-state index in [2.05, 4.69) is 55.6 Å². The molecule has 184 valence electrons. The number of fused-ring (bicyclic) bond motifs is 1. The number of piperidine rings is 1. The third-order valence-electron chi connectivity index (χ3n) is 7.06. The van der Waals surface area contributed by atoms with Gasteiger partial charge in [-0.25, -0.2) is 14.2 Å². The summed E-state index contributed by atoms with van der Waals surface area (Å²) in [5.41, 5.74) is 4.45. The standard InChI is InChI=1S/C26H29N9O/c1-18-3-5-21(6-4-18)35-24(31-26(36)22-16-30-34-10-2-9-27-25(22)34)13-23(32-35)20-7-11-33(12-8-20)17-19-14-28-29-15-19/h2-5,9-10,13-16,20-21H,6-8,11-12,17H2,1H3,(H,28,29)(H,31,36). The molecule has 6 rings (SSSR count). The smallest absolute Gasteiger partial charge is 0.262 e. The molecule has 4 aromatic heterocycles. The lowest BCUT2D eigenvalue weighted by Gasteiger charge is -2.30. The van der Waals surface area contributed by atoms with Gasteiger partial charge in [0.1, 0.15) is 11.4 Å². The van der Waals surface area contributed by atoms with Crippen LogP contribution in [0.25, 0.3) is 5.65 Å². The van der Waals surface area contributed by atoms with Crippen molar-refractivity contribution < 1.29 is 4.79 Å². The number of nitrogens with one attached hydrogen (secondary N) is 2. The number of carbonyl (C=O) groups is 1. The van der Waals surface area contributed by atoms with E-state index in [0.717, 1.165) is 44.6 Å². The van der Waals surface area contributed by atoms with Crippen molar-refractivity contribution in [2.75, 3.05) is 18.4 Å². The summed E-state index contributed by atoms with van der Waals surface area (Å²) >= 11 is 0. The minimum absolute atomic E-state index is 0.0564. The van der Waals surface area contributed by atoms with Crippen molar-refractivity contribution in [3.63, 3.8) is 0 Å². The number of amides is 1. The van der Waals surface area contributed by atoms with Gasteiger partial charge in [0, 0.05) is 42.7 Å². The van der Waals surface area contributed by atoms with Crippen molar-refractivity contribution in [2.24, 2.45) is 0 Å². The van der Waals surface area contributed by atoms with Crippen LogP contribution in [0.1, 0.15) is 59.8 Å². The highest BCUT2D eigenvalue weighted by Crippen LogP contribution is 2.32. The van der Waals surface area contributed by atoms with Gasteiger partial charge in [-0.15, -0.1) is 0 Å². The third kappa shape index (κ3) is 4.47. The van der Waals surface area contributed by atoms with Crippen molar-refractivity contribution in [3.8, 4) is 0 Å². The molecule has 0 bridgehead atoms. The zero-order valence-corrected chi connectivity index (χ0v) is 20.2. The molecule has 2 N–H and O–H groups in total. The van der Waals surface area contributed by atoms with Crippen LogP contribution in [0, 0.1) is 0 Å². The average molecular weight is 484 g/mol. The fraction of sp³-hybridized carbons (Fsp3) is 0.346. The molecule has 1 atom stereocenters. The van der Waals surface area contributed by atoms with E-state index >= 15 is 0 Å². The van der Waals surface area contributed by atoms with Gasteiger partial charge in [-0.2, -0.15) is 15.3 Å². The SMILES string of the molecule is CC1=CCC(n2nc(C3CCN(Cc4cn[nH]c4)CC3)cc2NC(=O)c2cnn3cccnc23)C=C1. The first kappa shape index (κ1) is 22.4. The Labute approximate surface area is 208 Å². The van der Waals surface area contributed by atoms with Crippen LogP contribution in [0.5, 0.6) is 0 Å². The van der Waals surface area contributed by atoms with E-state index in [0.29, 0.717) is 22.9 Å². The second-order valence-corrected chi connectivity index (χ2v) is 9.57. The Hall–Kier alpha value is -4.05. The Kier molecular flexibility index (Phi) is 5.94. The Balaban J connectivity index is 1.23. The normalized spacial score (nSPS) is 19.0. The van der Waals surface area contributed by atoms with Gasteiger partial charge < -0.3 is 5.32 Å². The lowest BCUT2D eigenvalue weighted by atomic mass is 9.93. The minimum atomic E-state index is -0.238. The predicted molar refractivity (Wildman–Crippen MR) is 136 cm³/mol. The van der Waals surface area contributed by atoms with Crippen LogP contribution in [-0.2, 0) is 6.54 Å². The van der Waals surface area contributed by atoms with Gasteiger partial charge in [0.25, 0.3) is 5.91 Å². The van der Waals surface area contributed by atoms with Crippen LogP contribution in [0.4, 0.5) is 5.82 Å². The van der Waals surface area contributed by atoms with E-state index in [1.807, 2.05) is 23.1 Å². The molecule has 36 heavy (non-hydrogen) atoms. The summed E-state index contributed by atoms with van der Waals surface area (Å²) in [4.78, 5) is 20.0. The Morgan fingerprint density at radius 1 is 1.25 bits per heavy atom. The first-order chi connectivity index (χ1) is 17.6. The number of carbonyl (C=O) groups excluding carboxylic acids is 1. The number of hydrogen-bond acceptors (Lipinski definition) is 6. The van der Waals surface area contributed by atoms with E-state index in [4.69, 9.17) is 5.10 Å². The van der Waals surface area contributed by atoms with Gasteiger partial charge in [-0.1, -0.05) is 23.8 Å². The van der Waals surface area contributed by atoms with Gasteiger partial charge in [-0.05, 0) is 45.3 Å². The van der Waals surface area contributed by atoms with Crippen LogP contribution in [0.2, 0.25) is 0 Å². The van der Waals surface area contributed by atoms with Crippen molar-refractivity contribution in [2.45, 2.75) is 44.7 Å². The molecule has 10 heteroatoms. The highest BCUT2D eigenvalue weighted by atomic mass is 16.1. The molecule has 2 aliphatic rings. The number of aromatic amines is 1. The van der Waals surface area contributed by atoms with Gasteiger partial charge >= 0.3 is 0 Å². The van der Waals surface area contributed by atoms with E-state index in [-0.39, 0.29) is 11.9 Å². The lowest BCUT2D eigenvalue weighted by Crippen LogP contribution is -2.32. The minimum Gasteiger partial charge on any atom is -0.307 e. The lowest BCUT2D eigenvalue weighted by molar-refractivity contribution is 0.102. The summed E-state index contributed by atoms with van der Waals surface area (Å²) in [6, 6.07) is 3.89. The number of nitrogens with zero attached hydrogens (tertiary/aromatic N) is 7. The van der Waals surface area contributed by atoms with E-state index in [1.165, 1.54) is 11.1 Å². The number of H-pyrrole nitrogens is 1. The fourth-order valence-corrected chi connectivity index (χ4v) is 5.04. The number of rotatable bonds is 6. The number of hydrogen-bond donors (Lipinski definition) is 2. The number of anilines is 1. The molecular weight excluding hydrogens is 454 g/mol. The summed E-state index contributed by atoms with van der Waals surface area (Å²) in [6.45, 7) is 5.01. The third-order valence-corrected chi connectivity index (χ3v) is 7.06. The molecule has 10 nitrogen and oxygen atoms in total. The van der Waals surface area contributed by atoms with Crippen LogP contribution in [-0.4, -0.2) is 58.5 Å². The number of allylic oxidation sites excluding steroid dienone is 4. The van der Waals surface area contributed by atoms with Crippen LogP contribution in [0.15, 0.2) is 66.9 Å². The van der Waals surface area contributed by atoms with E-state index in [1.54, 1.807) is 29.2 Å². The number of aromatic nitrogens is 7. The maximum atomic E-state index is 13.3. The number of likely N-dealkylation sites (tertiary alicyclic amines) is 1. The largest absolute Gasteiger partial charge is 0.307 e. The fourth-order valence-electron chi connectivity index (χ4n) is 5.04. The Morgan fingerprint density at radius 2 is 2.14 bits per heavy atom. The molecule has 5 heterocycles. The van der Waals surface area contributed by atoms with Crippen molar-refractivity contribution in [1.82, 2.24) is 39.5 Å². The average Bonchev–Trinajstić information content (AvgIpc) is 3.65. The summed E-state index contributed by atoms with van der Waals surface area (Å²) in [5, 5.41) is 19.3. The van der Waals surface area contributed by atoms with Crippen molar-refractivity contribution in [3.05, 3.63) is 83.7 Å². The second kappa shape index (κ2) is 9.54. The molecule has 0 aromatic carbocycles. The van der Waals surface area contributed by atoms with Crippen LogP contribution >= 0.6 is 0 Å². The summed E-state index contributed by atoms with van der Waals surface area (Å²) < 4.78 is 3.57. The highest BCUT2D eigenvalue weighted by molar-refractivity contribution is 6.07. The highest BCUT2D eigenvalue weighted by Gasteiger charge is 2.26.